The van der Waals surface area contributed by atoms with E-state index in [-0.39, 0.29) is 6.42 Å². The summed E-state index contributed by atoms with van der Waals surface area (Å²) in [4.78, 5) is 41.9. The van der Waals surface area contributed by atoms with Crippen molar-refractivity contribution >= 4 is 23.2 Å². The summed E-state index contributed by atoms with van der Waals surface area (Å²) in [6, 6.07) is 2.83. The van der Waals surface area contributed by atoms with Gasteiger partial charge in [0.25, 0.3) is 11.9 Å². The van der Waals surface area contributed by atoms with E-state index in [2.05, 4.69) is 32.3 Å². The molecule has 1 amide bonds. The molecule has 1 atom stereocenters. The van der Waals surface area contributed by atoms with Gasteiger partial charge in [0.2, 0.25) is 0 Å². The maximum Gasteiger partial charge on any atom is 0.326 e. The van der Waals surface area contributed by atoms with Gasteiger partial charge in [0.1, 0.15) is 6.04 Å². The molecule has 0 aliphatic rings. The molecule has 0 unspecified atom stereocenters. The average molecular weight is 480 g/mol. The Bertz CT molecular complexity index is 1270. The van der Waals surface area contributed by atoms with Crippen LogP contribution < -0.4 is 5.32 Å². The first-order valence-corrected chi connectivity index (χ1v) is 11.8. The van der Waals surface area contributed by atoms with Crippen LogP contribution in [0.3, 0.4) is 0 Å². The summed E-state index contributed by atoms with van der Waals surface area (Å²) in [6.45, 7) is 4.01. The highest BCUT2D eigenvalue weighted by Crippen LogP contribution is 2.26. The van der Waals surface area contributed by atoms with Crippen LogP contribution in [-0.2, 0) is 17.6 Å². The second-order valence-electron chi connectivity index (χ2n) is 7.83. The third-order valence-corrected chi connectivity index (χ3v) is 6.23. The highest BCUT2D eigenvalue weighted by Gasteiger charge is 2.26. The van der Waals surface area contributed by atoms with E-state index in [1.807, 2.05) is 24.4 Å². The number of carbonyl (C=O) groups excluding carboxylic acids is 1. The highest BCUT2D eigenvalue weighted by molar-refractivity contribution is 7.13. The first kappa shape index (κ1) is 23.3. The van der Waals surface area contributed by atoms with Gasteiger partial charge in [-0.1, -0.05) is 19.4 Å². The number of aromatic amines is 1. The summed E-state index contributed by atoms with van der Waals surface area (Å²) < 4.78 is 1.57. The van der Waals surface area contributed by atoms with Gasteiger partial charge >= 0.3 is 5.97 Å². The van der Waals surface area contributed by atoms with E-state index in [4.69, 9.17) is 4.98 Å². The number of nitrogens with zero attached hydrogens (tertiary/aromatic N) is 5. The molecule has 0 fully saturated rings. The van der Waals surface area contributed by atoms with E-state index in [9.17, 15) is 14.7 Å². The van der Waals surface area contributed by atoms with Gasteiger partial charge in [-0.05, 0) is 36.8 Å². The van der Waals surface area contributed by atoms with Crippen LogP contribution in [0.5, 0.6) is 0 Å². The Hall–Kier alpha value is -3.86. The molecule has 4 rings (SSSR count). The first-order chi connectivity index (χ1) is 16.5. The molecule has 0 aliphatic carbocycles. The fourth-order valence-electron chi connectivity index (χ4n) is 3.57. The number of hydrogen-bond acceptors (Lipinski definition) is 7. The molecule has 0 saturated carbocycles. The lowest BCUT2D eigenvalue weighted by molar-refractivity contribution is -0.139. The number of aliphatic carboxylic acids is 1. The van der Waals surface area contributed by atoms with Crippen molar-refractivity contribution in [1.82, 2.24) is 35.0 Å². The molecule has 11 heteroatoms. The number of thiophene rings is 1. The molecule has 0 bridgehead atoms. The number of imidazole rings is 1. The molecule has 10 nitrogen and oxygen atoms in total. The van der Waals surface area contributed by atoms with Crippen molar-refractivity contribution in [3.8, 4) is 16.5 Å². The number of amides is 1. The standard InChI is InChI=1S/C23H25N7O3S/c1-3-4-6-18-16(21(31)28-17(22(32)33)9-15-11-24-13-26-15)12-27-30(18)23-25-10-14(2)20(29-23)19-7-5-8-34-19/h5,7-8,10-13,17H,3-4,6,9H2,1-2H3,(H,24,26)(H,28,31)(H,32,33)/t17-/m0/s1. The largest absolute Gasteiger partial charge is 0.480 e. The van der Waals surface area contributed by atoms with E-state index in [0.29, 0.717) is 29.3 Å². The monoisotopic (exact) mass is 479 g/mol. The van der Waals surface area contributed by atoms with Gasteiger partial charge in [-0.2, -0.15) is 5.10 Å². The first-order valence-electron chi connectivity index (χ1n) is 10.9. The minimum atomic E-state index is -1.14. The molecular formula is C23H25N7O3S. The van der Waals surface area contributed by atoms with E-state index < -0.39 is 17.9 Å². The van der Waals surface area contributed by atoms with Crippen LogP contribution >= 0.6 is 11.3 Å². The number of rotatable bonds is 10. The van der Waals surface area contributed by atoms with Crippen LogP contribution in [0.15, 0.2) is 42.4 Å². The lowest BCUT2D eigenvalue weighted by Crippen LogP contribution is -2.42. The van der Waals surface area contributed by atoms with Crippen molar-refractivity contribution in [1.29, 1.82) is 0 Å². The topological polar surface area (TPSA) is 139 Å². The van der Waals surface area contributed by atoms with Crippen molar-refractivity contribution in [3.63, 3.8) is 0 Å². The molecule has 4 heterocycles. The van der Waals surface area contributed by atoms with Gasteiger partial charge < -0.3 is 15.4 Å². The fourth-order valence-corrected chi connectivity index (χ4v) is 4.35. The SMILES string of the molecule is CCCCc1c(C(=O)N[C@@H](Cc2c[nH]cn2)C(=O)O)cnn1-c1ncc(C)c(-c2cccs2)n1. The number of aryl methyl sites for hydroxylation is 1. The van der Waals surface area contributed by atoms with Crippen LogP contribution in [0.2, 0.25) is 0 Å². The second-order valence-corrected chi connectivity index (χ2v) is 8.78. The molecule has 0 spiro atoms. The normalized spacial score (nSPS) is 11.9. The average Bonchev–Trinajstić information content (AvgIpc) is 3.59. The summed E-state index contributed by atoms with van der Waals surface area (Å²) in [6.07, 6.45) is 8.63. The smallest absolute Gasteiger partial charge is 0.326 e. The van der Waals surface area contributed by atoms with Crippen molar-refractivity contribution in [2.24, 2.45) is 0 Å². The van der Waals surface area contributed by atoms with Crippen molar-refractivity contribution in [2.45, 2.75) is 45.6 Å². The van der Waals surface area contributed by atoms with Crippen molar-refractivity contribution in [3.05, 3.63) is 64.9 Å². The lowest BCUT2D eigenvalue weighted by atomic mass is 10.1. The zero-order valence-corrected chi connectivity index (χ0v) is 19.7. The lowest BCUT2D eigenvalue weighted by Gasteiger charge is -2.14. The third kappa shape index (κ3) is 5.04. The molecule has 4 aromatic heterocycles. The number of aromatic nitrogens is 6. The molecule has 0 aromatic carbocycles. The molecule has 176 valence electrons. The Morgan fingerprint density at radius 3 is 2.82 bits per heavy atom. The van der Waals surface area contributed by atoms with Crippen LogP contribution in [0.1, 0.15) is 47.1 Å². The van der Waals surface area contributed by atoms with Gasteiger partial charge in [-0.3, -0.25) is 4.79 Å². The van der Waals surface area contributed by atoms with Gasteiger partial charge in [0, 0.05) is 18.8 Å². The third-order valence-electron chi connectivity index (χ3n) is 5.36. The number of carboxylic acid groups (broad SMARTS) is 1. The number of carbonyl (C=O) groups is 2. The van der Waals surface area contributed by atoms with Crippen LogP contribution in [0.25, 0.3) is 16.5 Å². The van der Waals surface area contributed by atoms with Gasteiger partial charge in [0.05, 0.1) is 40.0 Å². The fraction of sp³-hybridized carbons (Fsp3) is 0.304. The zero-order valence-electron chi connectivity index (χ0n) is 18.9. The Balaban J connectivity index is 1.66. The number of nitrogens with one attached hydrogen (secondary N) is 2. The van der Waals surface area contributed by atoms with Crippen LogP contribution in [-0.4, -0.2) is 52.7 Å². The Morgan fingerprint density at radius 2 is 2.15 bits per heavy atom. The number of H-pyrrole nitrogens is 1. The summed E-state index contributed by atoms with van der Waals surface area (Å²) in [7, 11) is 0. The van der Waals surface area contributed by atoms with Gasteiger partial charge in [-0.15, -0.1) is 11.3 Å². The predicted molar refractivity (Wildman–Crippen MR) is 127 cm³/mol. The maximum atomic E-state index is 13.1. The molecule has 4 aromatic rings. The van der Waals surface area contributed by atoms with E-state index in [1.165, 1.54) is 12.5 Å². The summed E-state index contributed by atoms with van der Waals surface area (Å²) in [5.74, 6) is -1.28. The molecule has 0 aliphatic heterocycles. The van der Waals surface area contributed by atoms with Crippen LogP contribution in [0, 0.1) is 6.92 Å². The van der Waals surface area contributed by atoms with Gasteiger partial charge in [0.15, 0.2) is 0 Å². The van der Waals surface area contributed by atoms with Crippen molar-refractivity contribution in [2.75, 3.05) is 0 Å². The zero-order chi connectivity index (χ0) is 24.1. The quantitative estimate of drug-likeness (QED) is 0.317. The Morgan fingerprint density at radius 1 is 1.29 bits per heavy atom. The molecule has 3 N–H and O–H groups in total. The molecule has 0 saturated heterocycles. The van der Waals surface area contributed by atoms with Crippen molar-refractivity contribution < 1.29 is 14.7 Å². The predicted octanol–water partition coefficient (Wildman–Crippen LogP) is 3.19. The number of carboxylic acids is 1. The second kappa shape index (κ2) is 10.4. The number of unbranched alkanes of at least 4 members (excludes halogenated alkanes) is 1. The highest BCUT2D eigenvalue weighted by atomic mass is 32.1. The minimum Gasteiger partial charge on any atom is -0.480 e. The summed E-state index contributed by atoms with van der Waals surface area (Å²) in [5.41, 5.74) is 3.25. The number of hydrogen-bond donors (Lipinski definition) is 3. The van der Waals surface area contributed by atoms with Crippen LogP contribution in [0.4, 0.5) is 0 Å². The molecule has 0 radical (unpaired) electrons. The van der Waals surface area contributed by atoms with E-state index >= 15 is 0 Å². The Kier molecular flexibility index (Phi) is 7.12. The molecule has 34 heavy (non-hydrogen) atoms. The van der Waals surface area contributed by atoms with E-state index in [0.717, 1.165) is 29.0 Å². The van der Waals surface area contributed by atoms with E-state index in [1.54, 1.807) is 28.4 Å². The molecular weight excluding hydrogens is 454 g/mol. The minimum absolute atomic E-state index is 0.0637. The Labute approximate surface area is 200 Å². The van der Waals surface area contributed by atoms with Gasteiger partial charge in [-0.25, -0.2) is 24.4 Å². The maximum absolute atomic E-state index is 13.1. The summed E-state index contributed by atoms with van der Waals surface area (Å²) >= 11 is 1.59. The summed E-state index contributed by atoms with van der Waals surface area (Å²) in [5, 5.41) is 18.6.